The topological polar surface area (TPSA) is 91.8 Å². The Labute approximate surface area is 191 Å². The summed E-state index contributed by atoms with van der Waals surface area (Å²) >= 11 is 1.06. The third kappa shape index (κ3) is 4.71. The van der Waals surface area contributed by atoms with Gasteiger partial charge >= 0.3 is 0 Å². The molecule has 0 aliphatic carbocycles. The van der Waals surface area contributed by atoms with Crippen molar-refractivity contribution in [3.05, 3.63) is 65.2 Å². The molecule has 32 heavy (non-hydrogen) atoms. The lowest BCUT2D eigenvalue weighted by atomic mass is 10.2. The highest BCUT2D eigenvalue weighted by molar-refractivity contribution is 7.93. The van der Waals surface area contributed by atoms with Crippen LogP contribution in [0.4, 0.5) is 10.8 Å². The fraction of sp³-hybridized carbons (Fsp3) is 0.273. The van der Waals surface area contributed by atoms with Crippen LogP contribution in [0.5, 0.6) is 5.75 Å². The van der Waals surface area contributed by atoms with Gasteiger partial charge in [0.15, 0.2) is 5.13 Å². The molecule has 1 amide bonds. The molecule has 2 heterocycles. The molecule has 10 heteroatoms. The van der Waals surface area contributed by atoms with Gasteiger partial charge in [-0.3, -0.25) is 9.52 Å². The predicted molar refractivity (Wildman–Crippen MR) is 125 cm³/mol. The number of aryl methyl sites for hydroxylation is 1. The number of rotatable bonds is 6. The minimum Gasteiger partial charge on any atom is -0.497 e. The largest absolute Gasteiger partial charge is 0.497 e. The molecule has 0 bridgehead atoms. The Morgan fingerprint density at radius 3 is 2.31 bits per heavy atom. The molecule has 1 aliphatic heterocycles. The monoisotopic (exact) mass is 472 g/mol. The van der Waals surface area contributed by atoms with Crippen molar-refractivity contribution >= 4 is 38.1 Å². The zero-order valence-electron chi connectivity index (χ0n) is 17.8. The van der Waals surface area contributed by atoms with Crippen molar-refractivity contribution in [1.82, 2.24) is 9.88 Å². The Bertz CT molecular complexity index is 1190. The van der Waals surface area contributed by atoms with Gasteiger partial charge in [-0.1, -0.05) is 29.5 Å². The summed E-state index contributed by atoms with van der Waals surface area (Å²) in [6.07, 6.45) is 0. The highest BCUT2D eigenvalue weighted by Crippen LogP contribution is 2.27. The molecule has 1 aromatic heterocycles. The van der Waals surface area contributed by atoms with Crippen LogP contribution >= 0.6 is 11.3 Å². The molecule has 8 nitrogen and oxygen atoms in total. The van der Waals surface area contributed by atoms with Crippen LogP contribution < -0.4 is 14.4 Å². The van der Waals surface area contributed by atoms with Crippen LogP contribution in [0.15, 0.2) is 59.5 Å². The Hall–Kier alpha value is -3.11. The van der Waals surface area contributed by atoms with Crippen LogP contribution in [0.3, 0.4) is 0 Å². The minimum atomic E-state index is -3.82. The summed E-state index contributed by atoms with van der Waals surface area (Å²) < 4.78 is 32.9. The molecule has 168 valence electrons. The standard InChI is InChI=1S/C22H24N4O4S2/c1-16-20(21(27)26-14-12-25(13-15-26)17-6-4-3-5-7-17)31-22(23-16)24-32(28,29)19-10-8-18(30-2)9-11-19/h3-11H,12-15H2,1-2H3,(H,23,24). The number of hydrogen-bond acceptors (Lipinski definition) is 7. The first kappa shape index (κ1) is 22.1. The van der Waals surface area contributed by atoms with E-state index in [0.717, 1.165) is 30.1 Å². The SMILES string of the molecule is COc1ccc(S(=O)(=O)Nc2nc(C)c(C(=O)N3CCN(c4ccccc4)CC3)s2)cc1. The number of benzene rings is 2. The maximum atomic E-state index is 13.1. The van der Waals surface area contributed by atoms with Crippen LogP contribution in [-0.4, -0.2) is 57.5 Å². The van der Waals surface area contributed by atoms with Crippen molar-refractivity contribution in [2.24, 2.45) is 0 Å². The number of carbonyl (C=O) groups is 1. The first-order valence-electron chi connectivity index (χ1n) is 10.1. The molecule has 0 unspecified atom stereocenters. The van der Waals surface area contributed by atoms with E-state index >= 15 is 0 Å². The zero-order chi connectivity index (χ0) is 22.7. The Morgan fingerprint density at radius 1 is 1.03 bits per heavy atom. The predicted octanol–water partition coefficient (Wildman–Crippen LogP) is 3.22. The normalized spacial score (nSPS) is 14.3. The average molecular weight is 473 g/mol. The first-order chi connectivity index (χ1) is 15.4. The van der Waals surface area contributed by atoms with Gasteiger partial charge in [0.2, 0.25) is 0 Å². The maximum absolute atomic E-state index is 13.1. The summed E-state index contributed by atoms with van der Waals surface area (Å²) in [7, 11) is -2.31. The summed E-state index contributed by atoms with van der Waals surface area (Å²) in [5, 5.41) is 0.171. The smallest absolute Gasteiger partial charge is 0.266 e. The molecule has 0 atom stereocenters. The molecule has 0 spiro atoms. The van der Waals surface area contributed by atoms with E-state index < -0.39 is 10.0 Å². The Morgan fingerprint density at radius 2 is 1.69 bits per heavy atom. The van der Waals surface area contributed by atoms with Crippen molar-refractivity contribution in [2.75, 3.05) is 42.9 Å². The number of nitrogens with one attached hydrogen (secondary N) is 1. The third-order valence-electron chi connectivity index (χ3n) is 5.27. The lowest BCUT2D eigenvalue weighted by molar-refractivity contribution is 0.0750. The number of carbonyl (C=O) groups excluding carboxylic acids is 1. The van der Waals surface area contributed by atoms with E-state index in [4.69, 9.17) is 4.74 Å². The maximum Gasteiger partial charge on any atom is 0.266 e. The number of anilines is 2. The van der Waals surface area contributed by atoms with Gasteiger partial charge in [0.05, 0.1) is 17.7 Å². The van der Waals surface area contributed by atoms with Crippen molar-refractivity contribution in [1.29, 1.82) is 0 Å². The Balaban J connectivity index is 1.43. The summed E-state index contributed by atoms with van der Waals surface area (Å²) in [5.74, 6) is 0.442. The molecule has 3 aromatic rings. The number of sulfonamides is 1. The Kier molecular flexibility index (Phi) is 6.33. The van der Waals surface area contributed by atoms with E-state index in [9.17, 15) is 13.2 Å². The number of hydrogen-bond donors (Lipinski definition) is 1. The lowest BCUT2D eigenvalue weighted by Gasteiger charge is -2.36. The molecule has 2 aromatic carbocycles. The van der Waals surface area contributed by atoms with E-state index in [1.165, 1.54) is 19.2 Å². The fourth-order valence-electron chi connectivity index (χ4n) is 3.52. The minimum absolute atomic E-state index is 0.0936. The molecule has 0 saturated carbocycles. The van der Waals surface area contributed by atoms with E-state index in [1.807, 2.05) is 18.2 Å². The third-order valence-corrected chi connectivity index (χ3v) is 7.82. The first-order valence-corrected chi connectivity index (χ1v) is 12.4. The van der Waals surface area contributed by atoms with Crippen LogP contribution in [0, 0.1) is 6.92 Å². The van der Waals surface area contributed by atoms with E-state index in [1.54, 1.807) is 24.0 Å². The number of para-hydroxylation sites is 1. The molecule has 4 rings (SSSR count). The molecule has 1 fully saturated rings. The number of methoxy groups -OCH3 is 1. The number of ether oxygens (including phenoxy) is 1. The fourth-order valence-corrected chi connectivity index (χ4v) is 5.69. The summed E-state index contributed by atoms with van der Waals surface area (Å²) in [6, 6.07) is 16.2. The summed E-state index contributed by atoms with van der Waals surface area (Å²) in [4.78, 5) is 21.9. The van der Waals surface area contributed by atoms with Gasteiger partial charge in [0, 0.05) is 31.9 Å². The zero-order valence-corrected chi connectivity index (χ0v) is 19.4. The second-order valence-electron chi connectivity index (χ2n) is 7.33. The molecule has 1 aliphatic rings. The van der Waals surface area contributed by atoms with Crippen LogP contribution in [0.2, 0.25) is 0 Å². The molecule has 1 saturated heterocycles. The number of aromatic nitrogens is 1. The molecular weight excluding hydrogens is 448 g/mol. The van der Waals surface area contributed by atoms with E-state index in [-0.39, 0.29) is 15.9 Å². The van der Waals surface area contributed by atoms with Crippen molar-refractivity contribution < 1.29 is 17.9 Å². The highest BCUT2D eigenvalue weighted by Gasteiger charge is 2.26. The van der Waals surface area contributed by atoms with Gasteiger partial charge in [0.25, 0.3) is 15.9 Å². The van der Waals surface area contributed by atoms with E-state index in [2.05, 4.69) is 26.7 Å². The lowest BCUT2D eigenvalue weighted by Crippen LogP contribution is -2.48. The van der Waals surface area contributed by atoms with Crippen LogP contribution in [-0.2, 0) is 10.0 Å². The quantitative estimate of drug-likeness (QED) is 0.592. The second kappa shape index (κ2) is 9.17. The second-order valence-corrected chi connectivity index (χ2v) is 10.0. The van der Waals surface area contributed by atoms with Gasteiger partial charge in [0.1, 0.15) is 10.6 Å². The number of piperazine rings is 1. The van der Waals surface area contributed by atoms with Crippen LogP contribution in [0.25, 0.3) is 0 Å². The van der Waals surface area contributed by atoms with E-state index in [0.29, 0.717) is 29.4 Å². The van der Waals surface area contributed by atoms with Gasteiger partial charge in [-0.25, -0.2) is 13.4 Å². The molecule has 0 radical (unpaired) electrons. The van der Waals surface area contributed by atoms with Crippen molar-refractivity contribution in [3.8, 4) is 5.75 Å². The number of nitrogens with zero attached hydrogens (tertiary/aromatic N) is 3. The molecular formula is C22H24N4O4S2. The number of amides is 1. The molecule has 1 N–H and O–H groups in total. The van der Waals surface area contributed by atoms with Gasteiger partial charge < -0.3 is 14.5 Å². The summed E-state index contributed by atoms with van der Waals surface area (Å²) in [6.45, 7) is 4.39. The van der Waals surface area contributed by atoms with Gasteiger partial charge in [-0.15, -0.1) is 0 Å². The number of thiazole rings is 1. The van der Waals surface area contributed by atoms with Crippen molar-refractivity contribution in [3.63, 3.8) is 0 Å². The summed E-state index contributed by atoms with van der Waals surface area (Å²) in [5.41, 5.74) is 1.65. The van der Waals surface area contributed by atoms with Gasteiger partial charge in [-0.05, 0) is 43.3 Å². The average Bonchev–Trinajstić information content (AvgIpc) is 3.18. The van der Waals surface area contributed by atoms with Crippen LogP contribution in [0.1, 0.15) is 15.4 Å². The van der Waals surface area contributed by atoms with Gasteiger partial charge in [-0.2, -0.15) is 0 Å². The van der Waals surface area contributed by atoms with Crippen molar-refractivity contribution in [2.45, 2.75) is 11.8 Å². The highest BCUT2D eigenvalue weighted by atomic mass is 32.2.